The number of aliphatic hydroxyl groups excluding tert-OH is 1. The molecule has 0 saturated carbocycles. The highest BCUT2D eigenvalue weighted by Crippen LogP contribution is 2.22. The maximum absolute atomic E-state index is 13.1. The van der Waals surface area contributed by atoms with Gasteiger partial charge in [-0.15, -0.1) is 0 Å². The van der Waals surface area contributed by atoms with Gasteiger partial charge in [0.15, 0.2) is 0 Å². The number of aliphatic hydroxyl groups is 1. The van der Waals surface area contributed by atoms with Gasteiger partial charge in [0.1, 0.15) is 17.7 Å². The van der Waals surface area contributed by atoms with Crippen LogP contribution < -0.4 is 10.6 Å². The standard InChI is InChI=1S/C23H33N3O5/c1-7-9-14-24-20(28)19(17-12-10-16(3)11-13-17)26(8-2)21(29)18(15-27)25-22(30)31-23(4,5)6/h2,10-13,18-19,27H,7,9,14-15H2,1,3-6H3,(H,24,28)(H,25,30). The van der Waals surface area contributed by atoms with Crippen LogP contribution in [-0.4, -0.2) is 52.7 Å². The SMILES string of the molecule is C#CN(C(=O)C(CO)NC(=O)OC(C)(C)C)C(C(=O)NCCCC)c1ccc(C)cc1. The number of ether oxygens (including phenoxy) is 1. The van der Waals surface area contributed by atoms with Crippen molar-refractivity contribution >= 4 is 17.9 Å². The molecule has 3 amide bonds. The van der Waals surface area contributed by atoms with E-state index in [0.717, 1.165) is 23.3 Å². The molecule has 0 heterocycles. The second-order valence-electron chi connectivity index (χ2n) is 8.18. The summed E-state index contributed by atoms with van der Waals surface area (Å²) in [5.41, 5.74) is 0.704. The predicted octanol–water partition coefficient (Wildman–Crippen LogP) is 2.26. The van der Waals surface area contributed by atoms with Crippen LogP contribution >= 0.6 is 0 Å². The van der Waals surface area contributed by atoms with Crippen molar-refractivity contribution in [2.75, 3.05) is 13.2 Å². The molecule has 2 unspecified atom stereocenters. The molecular weight excluding hydrogens is 398 g/mol. The van der Waals surface area contributed by atoms with Gasteiger partial charge in [0.25, 0.3) is 5.91 Å². The number of amides is 3. The molecule has 1 aromatic rings. The summed E-state index contributed by atoms with van der Waals surface area (Å²) in [5, 5.41) is 14.8. The Kier molecular flexibility index (Phi) is 10.0. The molecule has 0 aliphatic carbocycles. The summed E-state index contributed by atoms with van der Waals surface area (Å²) < 4.78 is 5.14. The largest absolute Gasteiger partial charge is 0.444 e. The topological polar surface area (TPSA) is 108 Å². The number of hydrogen-bond donors (Lipinski definition) is 3. The molecule has 31 heavy (non-hydrogen) atoms. The molecule has 3 N–H and O–H groups in total. The highest BCUT2D eigenvalue weighted by atomic mass is 16.6. The highest BCUT2D eigenvalue weighted by Gasteiger charge is 2.35. The van der Waals surface area contributed by atoms with Gasteiger partial charge in [-0.2, -0.15) is 0 Å². The number of carbonyl (C=O) groups excluding carboxylic acids is 3. The lowest BCUT2D eigenvalue weighted by molar-refractivity contribution is -0.139. The molecule has 0 saturated heterocycles. The molecule has 8 nitrogen and oxygen atoms in total. The smallest absolute Gasteiger partial charge is 0.408 e. The second-order valence-corrected chi connectivity index (χ2v) is 8.18. The molecule has 0 aliphatic heterocycles. The van der Waals surface area contributed by atoms with E-state index in [4.69, 9.17) is 11.2 Å². The van der Waals surface area contributed by atoms with E-state index in [9.17, 15) is 19.5 Å². The lowest BCUT2D eigenvalue weighted by Crippen LogP contribution is -2.53. The van der Waals surface area contributed by atoms with Gasteiger partial charge in [-0.25, -0.2) is 4.79 Å². The summed E-state index contributed by atoms with van der Waals surface area (Å²) >= 11 is 0. The minimum Gasteiger partial charge on any atom is -0.444 e. The first-order valence-electron chi connectivity index (χ1n) is 10.3. The summed E-state index contributed by atoms with van der Waals surface area (Å²) in [6.07, 6.45) is 6.39. The minimum atomic E-state index is -1.37. The van der Waals surface area contributed by atoms with Gasteiger partial charge >= 0.3 is 6.09 Å². The van der Waals surface area contributed by atoms with Crippen LogP contribution in [0.5, 0.6) is 0 Å². The summed E-state index contributed by atoms with van der Waals surface area (Å²) in [7, 11) is 0. The predicted molar refractivity (Wildman–Crippen MR) is 118 cm³/mol. The summed E-state index contributed by atoms with van der Waals surface area (Å²) in [6.45, 7) is 8.63. The Bertz CT molecular complexity index is 793. The molecule has 0 fully saturated rings. The van der Waals surface area contributed by atoms with Crippen LogP contribution in [0.4, 0.5) is 4.79 Å². The van der Waals surface area contributed by atoms with Crippen molar-refractivity contribution in [2.24, 2.45) is 0 Å². The van der Waals surface area contributed by atoms with Crippen LogP contribution in [0.15, 0.2) is 24.3 Å². The first-order valence-corrected chi connectivity index (χ1v) is 10.3. The van der Waals surface area contributed by atoms with Gasteiger partial charge in [-0.05, 0) is 39.7 Å². The maximum Gasteiger partial charge on any atom is 0.408 e. The van der Waals surface area contributed by atoms with Crippen LogP contribution in [-0.2, 0) is 14.3 Å². The number of alkyl carbamates (subject to hydrolysis) is 1. The van der Waals surface area contributed by atoms with Crippen LogP contribution in [0, 0.1) is 19.4 Å². The molecule has 2 atom stereocenters. The second kappa shape index (κ2) is 12.0. The number of nitrogens with zero attached hydrogens (tertiary/aromatic N) is 1. The van der Waals surface area contributed by atoms with Gasteiger partial charge in [0.05, 0.1) is 6.61 Å². The number of unbranched alkanes of at least 4 members (excludes halogenated alkanes) is 1. The molecule has 0 radical (unpaired) electrons. The third kappa shape index (κ3) is 8.30. The Hall–Kier alpha value is -3.05. The zero-order valence-corrected chi connectivity index (χ0v) is 18.9. The number of terminal acetylenes is 1. The molecule has 8 heteroatoms. The van der Waals surface area contributed by atoms with Crippen LogP contribution in [0.3, 0.4) is 0 Å². The zero-order valence-electron chi connectivity index (χ0n) is 18.9. The van der Waals surface area contributed by atoms with Crippen LogP contribution in [0.1, 0.15) is 57.7 Å². The molecular formula is C23H33N3O5. The van der Waals surface area contributed by atoms with Crippen molar-refractivity contribution in [3.05, 3.63) is 35.4 Å². The van der Waals surface area contributed by atoms with E-state index >= 15 is 0 Å². The summed E-state index contributed by atoms with van der Waals surface area (Å²) in [4.78, 5) is 39.0. The normalized spacial score (nSPS) is 12.8. The quantitative estimate of drug-likeness (QED) is 0.316. The number of hydrogen-bond acceptors (Lipinski definition) is 5. The number of benzene rings is 1. The van der Waals surface area contributed by atoms with Crippen molar-refractivity contribution in [1.29, 1.82) is 0 Å². The summed E-state index contributed by atoms with van der Waals surface area (Å²) in [5.74, 6) is -1.25. The van der Waals surface area contributed by atoms with Crippen molar-refractivity contribution in [2.45, 2.75) is 65.1 Å². The number of carbonyl (C=O) groups is 3. The third-order valence-corrected chi connectivity index (χ3v) is 4.28. The Balaban J connectivity index is 3.18. The fourth-order valence-corrected chi connectivity index (χ4v) is 2.72. The van der Waals surface area contributed by atoms with E-state index in [2.05, 4.69) is 16.7 Å². The number of aryl methyl sites for hydroxylation is 1. The Labute approximate surface area is 184 Å². The highest BCUT2D eigenvalue weighted by molar-refractivity contribution is 5.93. The Morgan fingerprint density at radius 1 is 1.23 bits per heavy atom. The van der Waals surface area contributed by atoms with Crippen molar-refractivity contribution in [3.63, 3.8) is 0 Å². The minimum absolute atomic E-state index is 0.434. The van der Waals surface area contributed by atoms with Crippen LogP contribution in [0.25, 0.3) is 0 Å². The van der Waals surface area contributed by atoms with E-state index in [1.165, 1.54) is 0 Å². The molecule has 0 bridgehead atoms. The maximum atomic E-state index is 13.1. The average molecular weight is 432 g/mol. The summed E-state index contributed by atoms with van der Waals surface area (Å²) in [6, 6.07) is 6.80. The van der Waals surface area contributed by atoms with E-state index in [0.29, 0.717) is 12.1 Å². The van der Waals surface area contributed by atoms with E-state index < -0.39 is 42.2 Å². The number of rotatable bonds is 9. The van der Waals surface area contributed by atoms with E-state index in [-0.39, 0.29) is 0 Å². The molecule has 0 aliphatic rings. The lowest BCUT2D eigenvalue weighted by Gasteiger charge is -2.29. The van der Waals surface area contributed by atoms with Crippen molar-refractivity contribution in [3.8, 4) is 12.5 Å². The lowest BCUT2D eigenvalue weighted by atomic mass is 10.0. The fraction of sp³-hybridized carbons (Fsp3) is 0.522. The molecule has 0 spiro atoms. The van der Waals surface area contributed by atoms with E-state index in [1.807, 2.05) is 26.0 Å². The molecule has 170 valence electrons. The van der Waals surface area contributed by atoms with Crippen LogP contribution in [0.2, 0.25) is 0 Å². The zero-order chi connectivity index (χ0) is 23.6. The van der Waals surface area contributed by atoms with Gasteiger partial charge in [0.2, 0.25) is 5.91 Å². The Morgan fingerprint density at radius 2 is 1.84 bits per heavy atom. The molecule has 1 aromatic carbocycles. The average Bonchev–Trinajstić information content (AvgIpc) is 2.69. The molecule has 1 rings (SSSR count). The van der Waals surface area contributed by atoms with Gasteiger partial charge in [-0.1, -0.05) is 49.6 Å². The molecule has 0 aromatic heterocycles. The van der Waals surface area contributed by atoms with Crippen molar-refractivity contribution < 1.29 is 24.2 Å². The van der Waals surface area contributed by atoms with Gasteiger partial charge in [-0.3, -0.25) is 14.5 Å². The van der Waals surface area contributed by atoms with E-state index in [1.54, 1.807) is 32.9 Å². The number of nitrogens with one attached hydrogen (secondary N) is 2. The van der Waals surface area contributed by atoms with Crippen molar-refractivity contribution in [1.82, 2.24) is 15.5 Å². The third-order valence-electron chi connectivity index (χ3n) is 4.28. The van der Waals surface area contributed by atoms with Gasteiger partial charge in [0, 0.05) is 12.6 Å². The first-order chi connectivity index (χ1) is 14.5. The fourth-order valence-electron chi connectivity index (χ4n) is 2.72. The monoisotopic (exact) mass is 431 g/mol. The van der Waals surface area contributed by atoms with Gasteiger partial charge < -0.3 is 20.5 Å². The first kappa shape index (κ1) is 26.0. The Morgan fingerprint density at radius 3 is 2.32 bits per heavy atom.